The number of nitrogen functional groups attached to an aromatic ring is 1. The van der Waals surface area contributed by atoms with Crippen molar-refractivity contribution in [1.29, 1.82) is 0 Å². The van der Waals surface area contributed by atoms with Gasteiger partial charge in [0.15, 0.2) is 11.6 Å². The number of hydrogen-bond acceptors (Lipinski definition) is 7. The van der Waals surface area contributed by atoms with Crippen LogP contribution in [-0.4, -0.2) is 41.1 Å². The topological polar surface area (TPSA) is 83.2 Å². The number of aromatic nitrogens is 3. The Balaban J connectivity index is 1.49. The molecule has 0 unspecified atom stereocenters. The molecule has 0 radical (unpaired) electrons. The first-order valence-electron chi connectivity index (χ1n) is 9.16. The van der Waals surface area contributed by atoms with Crippen LogP contribution < -0.4 is 20.9 Å². The van der Waals surface area contributed by atoms with E-state index in [1.807, 2.05) is 37.3 Å². The molecular weight excluding hydrogens is 374 g/mol. The summed E-state index contributed by atoms with van der Waals surface area (Å²) in [5.74, 6) is 2.06. The summed E-state index contributed by atoms with van der Waals surface area (Å²) >= 11 is 6.12. The summed E-state index contributed by atoms with van der Waals surface area (Å²) in [4.78, 5) is 17.6. The number of hydrogen-bond donors (Lipinski definition) is 2. The molecule has 0 bridgehead atoms. The van der Waals surface area contributed by atoms with Crippen LogP contribution in [0.15, 0.2) is 48.9 Å². The molecule has 3 aromatic rings. The quantitative estimate of drug-likeness (QED) is 0.699. The molecule has 0 spiro atoms. The van der Waals surface area contributed by atoms with E-state index in [0.29, 0.717) is 11.5 Å². The largest absolute Gasteiger partial charge is 0.393 e. The molecule has 2 aromatic heterocycles. The summed E-state index contributed by atoms with van der Waals surface area (Å²) < 4.78 is 0. The van der Waals surface area contributed by atoms with Crippen molar-refractivity contribution in [3.63, 3.8) is 0 Å². The lowest BCUT2D eigenvalue weighted by atomic mass is 10.2. The Labute approximate surface area is 169 Å². The number of benzene rings is 1. The van der Waals surface area contributed by atoms with Gasteiger partial charge in [-0.2, -0.15) is 0 Å². The van der Waals surface area contributed by atoms with Crippen molar-refractivity contribution in [2.45, 2.75) is 6.92 Å². The number of nitrogens with zero attached hydrogens (tertiary/aromatic N) is 5. The third-order valence-corrected chi connectivity index (χ3v) is 5.10. The highest BCUT2D eigenvalue weighted by atomic mass is 35.5. The van der Waals surface area contributed by atoms with Gasteiger partial charge in [0.1, 0.15) is 17.8 Å². The normalized spacial score (nSPS) is 14.2. The van der Waals surface area contributed by atoms with Crippen molar-refractivity contribution in [3.8, 4) is 0 Å². The lowest BCUT2D eigenvalue weighted by Crippen LogP contribution is -2.47. The van der Waals surface area contributed by atoms with Gasteiger partial charge in [-0.1, -0.05) is 23.7 Å². The summed E-state index contributed by atoms with van der Waals surface area (Å²) in [5, 5.41) is 3.97. The fourth-order valence-electron chi connectivity index (χ4n) is 3.32. The van der Waals surface area contributed by atoms with Crippen LogP contribution in [0.2, 0.25) is 5.02 Å². The van der Waals surface area contributed by atoms with Gasteiger partial charge >= 0.3 is 0 Å². The molecule has 3 heterocycles. The van der Waals surface area contributed by atoms with Gasteiger partial charge in [0, 0.05) is 43.1 Å². The molecule has 4 rings (SSSR count). The Kier molecular flexibility index (Phi) is 5.16. The molecule has 144 valence electrons. The highest BCUT2D eigenvalue weighted by Crippen LogP contribution is 2.30. The molecule has 1 aliphatic rings. The van der Waals surface area contributed by atoms with Crippen LogP contribution in [0.5, 0.6) is 0 Å². The number of anilines is 5. The van der Waals surface area contributed by atoms with Gasteiger partial charge in [0.05, 0.1) is 0 Å². The van der Waals surface area contributed by atoms with Crippen LogP contribution in [-0.2, 0) is 0 Å². The second kappa shape index (κ2) is 7.90. The highest BCUT2D eigenvalue weighted by molar-refractivity contribution is 6.30. The first-order valence-corrected chi connectivity index (χ1v) is 9.54. The van der Waals surface area contributed by atoms with Gasteiger partial charge in [-0.05, 0) is 36.8 Å². The van der Waals surface area contributed by atoms with Crippen molar-refractivity contribution in [3.05, 3.63) is 59.5 Å². The van der Waals surface area contributed by atoms with E-state index in [1.54, 1.807) is 6.20 Å². The van der Waals surface area contributed by atoms with E-state index in [2.05, 4.69) is 36.1 Å². The summed E-state index contributed by atoms with van der Waals surface area (Å²) in [6.07, 6.45) is 3.28. The SMILES string of the molecule is Cc1cccnc1Nc1ncnc(N2CCN(c3cccc(Cl)c3)CC2)c1N. The van der Waals surface area contributed by atoms with Crippen molar-refractivity contribution in [2.24, 2.45) is 0 Å². The minimum absolute atomic E-state index is 0.531. The average molecular weight is 396 g/mol. The maximum atomic E-state index is 6.39. The molecule has 0 saturated carbocycles. The van der Waals surface area contributed by atoms with Gasteiger partial charge in [0.25, 0.3) is 0 Å². The Morgan fingerprint density at radius 1 is 0.964 bits per heavy atom. The van der Waals surface area contributed by atoms with Crippen LogP contribution in [0.25, 0.3) is 0 Å². The van der Waals surface area contributed by atoms with Crippen LogP contribution in [0.3, 0.4) is 0 Å². The van der Waals surface area contributed by atoms with Crippen molar-refractivity contribution < 1.29 is 0 Å². The first-order chi connectivity index (χ1) is 13.6. The zero-order valence-corrected chi connectivity index (χ0v) is 16.4. The fraction of sp³-hybridized carbons (Fsp3) is 0.250. The van der Waals surface area contributed by atoms with Gasteiger partial charge in [0.2, 0.25) is 0 Å². The van der Waals surface area contributed by atoms with Crippen molar-refractivity contribution in [1.82, 2.24) is 15.0 Å². The highest BCUT2D eigenvalue weighted by Gasteiger charge is 2.22. The van der Waals surface area contributed by atoms with E-state index in [9.17, 15) is 0 Å². The van der Waals surface area contributed by atoms with Gasteiger partial charge in [-0.25, -0.2) is 15.0 Å². The molecule has 28 heavy (non-hydrogen) atoms. The first kappa shape index (κ1) is 18.3. The maximum Gasteiger partial charge on any atom is 0.160 e. The molecule has 1 saturated heterocycles. The molecule has 8 heteroatoms. The van der Waals surface area contributed by atoms with Crippen LogP contribution >= 0.6 is 11.6 Å². The molecule has 1 aromatic carbocycles. The monoisotopic (exact) mass is 395 g/mol. The zero-order chi connectivity index (χ0) is 19.5. The Morgan fingerprint density at radius 3 is 2.50 bits per heavy atom. The molecule has 7 nitrogen and oxygen atoms in total. The van der Waals surface area contributed by atoms with E-state index >= 15 is 0 Å². The van der Waals surface area contributed by atoms with E-state index in [1.165, 1.54) is 6.33 Å². The molecule has 1 fully saturated rings. The standard InChI is InChI=1S/C20H22ClN7/c1-14-4-3-7-23-18(14)26-19-17(22)20(25-13-24-19)28-10-8-27(9-11-28)16-6-2-5-15(21)12-16/h2-7,12-13H,8-11,22H2,1H3,(H,23,24,25,26). The van der Waals surface area contributed by atoms with Crippen LogP contribution in [0.1, 0.15) is 5.56 Å². The lowest BCUT2D eigenvalue weighted by molar-refractivity contribution is 0.647. The molecule has 1 aliphatic heterocycles. The van der Waals surface area contributed by atoms with Crippen molar-refractivity contribution >= 4 is 40.4 Å². The van der Waals surface area contributed by atoms with E-state index in [4.69, 9.17) is 17.3 Å². The average Bonchev–Trinajstić information content (AvgIpc) is 2.71. The smallest absolute Gasteiger partial charge is 0.160 e. The van der Waals surface area contributed by atoms with E-state index in [0.717, 1.165) is 54.1 Å². The van der Waals surface area contributed by atoms with Crippen LogP contribution in [0.4, 0.5) is 28.8 Å². The Morgan fingerprint density at radius 2 is 1.75 bits per heavy atom. The number of nitrogens with two attached hydrogens (primary N) is 1. The number of pyridine rings is 1. The Bertz CT molecular complexity index is 970. The summed E-state index contributed by atoms with van der Waals surface area (Å²) in [6, 6.07) is 11.8. The predicted octanol–water partition coefficient (Wildman–Crippen LogP) is 3.49. The molecule has 0 amide bonds. The van der Waals surface area contributed by atoms with Crippen molar-refractivity contribution in [2.75, 3.05) is 47.0 Å². The molecule has 0 aliphatic carbocycles. The number of halogens is 1. The zero-order valence-electron chi connectivity index (χ0n) is 15.6. The molecule has 3 N–H and O–H groups in total. The summed E-state index contributed by atoms with van der Waals surface area (Å²) in [5.41, 5.74) is 9.08. The number of piperazine rings is 1. The number of rotatable bonds is 4. The van der Waals surface area contributed by atoms with Crippen LogP contribution in [0, 0.1) is 6.92 Å². The minimum Gasteiger partial charge on any atom is -0.393 e. The number of nitrogens with one attached hydrogen (secondary N) is 1. The molecular formula is C20H22ClN7. The lowest BCUT2D eigenvalue weighted by Gasteiger charge is -2.37. The van der Waals surface area contributed by atoms with Gasteiger partial charge in [-0.3, -0.25) is 0 Å². The Hall–Kier alpha value is -3.06. The predicted molar refractivity (Wildman–Crippen MR) is 115 cm³/mol. The fourth-order valence-corrected chi connectivity index (χ4v) is 3.50. The number of aryl methyl sites for hydroxylation is 1. The maximum absolute atomic E-state index is 6.39. The summed E-state index contributed by atoms with van der Waals surface area (Å²) in [6.45, 7) is 5.35. The third kappa shape index (κ3) is 3.80. The second-order valence-electron chi connectivity index (χ2n) is 6.71. The second-order valence-corrected chi connectivity index (χ2v) is 7.14. The van der Waals surface area contributed by atoms with Gasteiger partial charge in [-0.15, -0.1) is 0 Å². The minimum atomic E-state index is 0.531. The molecule has 0 atom stereocenters. The summed E-state index contributed by atoms with van der Waals surface area (Å²) in [7, 11) is 0. The van der Waals surface area contributed by atoms with E-state index < -0.39 is 0 Å². The third-order valence-electron chi connectivity index (χ3n) is 4.86. The van der Waals surface area contributed by atoms with Gasteiger partial charge < -0.3 is 20.9 Å². The van der Waals surface area contributed by atoms with E-state index in [-0.39, 0.29) is 0 Å².